The molecule has 0 amide bonds. The molecule has 534 valence electrons. The predicted molar refractivity (Wildman–Crippen MR) is 470 cm³/mol. The first-order valence-corrected chi connectivity index (χ1v) is 38.1. The predicted octanol–water partition coefficient (Wildman–Crippen LogP) is 26.5. The minimum atomic E-state index is 0.886. The monoisotopic (exact) mass is 1460 g/mol. The topological polar surface area (TPSA) is 116 Å². The van der Waals surface area contributed by atoms with Crippen LogP contribution in [0.4, 0.5) is 0 Å². The van der Waals surface area contributed by atoms with Crippen molar-refractivity contribution in [3.8, 4) is 134 Å². The molecular weight excluding hydrogens is 1390 g/mol. The van der Waals surface area contributed by atoms with Gasteiger partial charge in [0.2, 0.25) is 0 Å². The molecule has 0 unspecified atom stereocenters. The summed E-state index contributed by atoms with van der Waals surface area (Å²) in [4.78, 5) is 43.3. The maximum Gasteiger partial charge on any atom is 0.0973 e. The molecule has 6 aromatic heterocycles. The Bertz CT molecular complexity index is 6430. The van der Waals surface area contributed by atoms with Gasteiger partial charge in [0.15, 0.2) is 0 Å². The first kappa shape index (κ1) is 69.0. The molecule has 0 aliphatic carbocycles. The molecule has 0 fully saturated rings. The molecular formula is C105H69N9. The SMILES string of the molecule is c1ccc(-c2nc3ccccc3nc2-c2ccc(-c3ccc(-c4ccccn4)c4ccccc34)cc2)cc1.c1ccc(-c2nc3ccccc3nc2-c2ccc(-c3ccc(-c4cccnc4)c4ccccc34)cc2)cc1.c1ccc(-c2nc3ccccc3nc2-c2ccc(-c3cccc4c(-c5ccncc5)cccc34)cc2)cc1. The molecule has 9 heteroatoms. The lowest BCUT2D eigenvalue weighted by Gasteiger charge is -2.13. The van der Waals surface area contributed by atoms with Crippen LogP contribution in [0, 0.1) is 0 Å². The Balaban J connectivity index is 0.000000115. The average molecular weight is 1460 g/mol. The molecule has 0 N–H and O–H groups in total. The van der Waals surface area contributed by atoms with Gasteiger partial charge in [-0.05, 0) is 149 Å². The Morgan fingerprint density at radius 3 is 0.737 bits per heavy atom. The van der Waals surface area contributed by atoms with E-state index < -0.39 is 0 Å². The summed E-state index contributed by atoms with van der Waals surface area (Å²) in [6.45, 7) is 0. The number of fused-ring (bicyclic) bond motifs is 6. The van der Waals surface area contributed by atoms with E-state index in [-0.39, 0.29) is 0 Å². The summed E-state index contributed by atoms with van der Waals surface area (Å²) in [6.07, 6.45) is 9.26. The molecule has 21 rings (SSSR count). The van der Waals surface area contributed by atoms with Crippen LogP contribution in [0.25, 0.3) is 200 Å². The number of benzene rings is 15. The van der Waals surface area contributed by atoms with E-state index in [1.165, 1.54) is 71.3 Å². The third kappa shape index (κ3) is 13.9. The number of hydrogen-bond donors (Lipinski definition) is 0. The molecule has 9 nitrogen and oxygen atoms in total. The van der Waals surface area contributed by atoms with Crippen LogP contribution in [0.2, 0.25) is 0 Å². The Labute approximate surface area is 659 Å². The second-order valence-electron chi connectivity index (χ2n) is 27.9. The van der Waals surface area contributed by atoms with E-state index in [0.717, 1.165) is 129 Å². The van der Waals surface area contributed by atoms with E-state index in [0.29, 0.717) is 0 Å². The first-order valence-electron chi connectivity index (χ1n) is 38.1. The van der Waals surface area contributed by atoms with Crippen molar-refractivity contribution in [3.63, 3.8) is 0 Å². The third-order valence-corrected chi connectivity index (χ3v) is 20.9. The quantitative estimate of drug-likeness (QED) is 0.118. The van der Waals surface area contributed by atoms with Crippen LogP contribution >= 0.6 is 0 Å². The second-order valence-corrected chi connectivity index (χ2v) is 27.9. The van der Waals surface area contributed by atoms with Crippen LogP contribution < -0.4 is 0 Å². The second kappa shape index (κ2) is 31.3. The number of aromatic nitrogens is 9. The highest BCUT2D eigenvalue weighted by molar-refractivity contribution is 6.08. The highest BCUT2D eigenvalue weighted by Gasteiger charge is 2.20. The number of rotatable bonds is 12. The molecule has 0 spiro atoms. The van der Waals surface area contributed by atoms with Gasteiger partial charge in [-0.1, -0.05) is 322 Å². The first-order chi connectivity index (χ1) is 56.5. The van der Waals surface area contributed by atoms with Gasteiger partial charge in [-0.2, -0.15) is 0 Å². The van der Waals surface area contributed by atoms with Crippen LogP contribution in [-0.4, -0.2) is 44.9 Å². The molecule has 0 atom stereocenters. The Morgan fingerprint density at radius 1 is 0.140 bits per heavy atom. The number of para-hydroxylation sites is 6. The fourth-order valence-corrected chi connectivity index (χ4v) is 15.4. The van der Waals surface area contributed by atoms with Crippen molar-refractivity contribution in [1.82, 2.24) is 44.9 Å². The van der Waals surface area contributed by atoms with Crippen molar-refractivity contribution in [2.75, 3.05) is 0 Å². The molecule has 0 saturated carbocycles. The van der Waals surface area contributed by atoms with Crippen molar-refractivity contribution in [1.29, 1.82) is 0 Å². The van der Waals surface area contributed by atoms with Crippen LogP contribution in [0.15, 0.2) is 419 Å². The summed E-state index contributed by atoms with van der Waals surface area (Å²) in [7, 11) is 0. The van der Waals surface area contributed by atoms with Gasteiger partial charge in [-0.3, -0.25) is 15.0 Å². The van der Waals surface area contributed by atoms with E-state index in [2.05, 4.69) is 258 Å². The summed E-state index contributed by atoms with van der Waals surface area (Å²) >= 11 is 0. The van der Waals surface area contributed by atoms with E-state index in [4.69, 9.17) is 29.9 Å². The lowest BCUT2D eigenvalue weighted by molar-refractivity contribution is 1.29. The molecule has 21 aromatic rings. The van der Waals surface area contributed by atoms with Crippen molar-refractivity contribution in [3.05, 3.63) is 419 Å². The summed E-state index contributed by atoms with van der Waals surface area (Å²) in [5.41, 5.74) is 30.9. The Kier molecular flexibility index (Phi) is 18.9. The molecule has 114 heavy (non-hydrogen) atoms. The molecule has 0 saturated heterocycles. The Morgan fingerprint density at radius 2 is 0.404 bits per heavy atom. The van der Waals surface area contributed by atoms with Gasteiger partial charge in [0.05, 0.1) is 73.0 Å². The lowest BCUT2D eigenvalue weighted by atomic mass is 9.92. The fraction of sp³-hybridized carbons (Fsp3) is 0. The molecule has 0 bridgehead atoms. The van der Waals surface area contributed by atoms with Crippen molar-refractivity contribution >= 4 is 65.4 Å². The van der Waals surface area contributed by atoms with E-state index in [1.54, 1.807) is 0 Å². The van der Waals surface area contributed by atoms with Gasteiger partial charge >= 0.3 is 0 Å². The van der Waals surface area contributed by atoms with Gasteiger partial charge in [0, 0.05) is 75.5 Å². The van der Waals surface area contributed by atoms with Crippen LogP contribution in [0.5, 0.6) is 0 Å². The maximum absolute atomic E-state index is 5.05. The molecule has 15 aromatic carbocycles. The van der Waals surface area contributed by atoms with E-state index in [9.17, 15) is 0 Å². The zero-order valence-corrected chi connectivity index (χ0v) is 61.9. The maximum atomic E-state index is 5.05. The zero-order chi connectivity index (χ0) is 75.9. The van der Waals surface area contributed by atoms with Crippen LogP contribution in [0.3, 0.4) is 0 Å². The van der Waals surface area contributed by atoms with Crippen LogP contribution in [-0.2, 0) is 0 Å². The van der Waals surface area contributed by atoms with Gasteiger partial charge in [0.1, 0.15) is 0 Å². The minimum absolute atomic E-state index is 0.886. The molecule has 6 heterocycles. The van der Waals surface area contributed by atoms with Crippen LogP contribution in [0.1, 0.15) is 0 Å². The summed E-state index contributed by atoms with van der Waals surface area (Å²) in [6, 6.07) is 134. The highest BCUT2D eigenvalue weighted by atomic mass is 14.9. The normalized spacial score (nSPS) is 11.2. The third-order valence-electron chi connectivity index (χ3n) is 20.9. The van der Waals surface area contributed by atoms with Crippen molar-refractivity contribution in [2.45, 2.75) is 0 Å². The van der Waals surface area contributed by atoms with Gasteiger partial charge in [-0.25, -0.2) is 29.9 Å². The summed E-state index contributed by atoms with van der Waals surface area (Å²) in [5, 5.41) is 7.29. The van der Waals surface area contributed by atoms with Gasteiger partial charge < -0.3 is 0 Å². The number of hydrogen-bond acceptors (Lipinski definition) is 9. The average Bonchev–Trinajstić information content (AvgIpc) is 0.780. The highest BCUT2D eigenvalue weighted by Crippen LogP contribution is 2.42. The zero-order valence-electron chi connectivity index (χ0n) is 61.9. The molecule has 0 radical (unpaired) electrons. The minimum Gasteiger partial charge on any atom is -0.265 e. The van der Waals surface area contributed by atoms with Crippen molar-refractivity contribution < 1.29 is 0 Å². The lowest BCUT2D eigenvalue weighted by Crippen LogP contribution is -1.95. The van der Waals surface area contributed by atoms with E-state index >= 15 is 0 Å². The molecule has 0 aliphatic heterocycles. The Hall–Kier alpha value is -15.5. The van der Waals surface area contributed by atoms with E-state index in [1.807, 2.05) is 177 Å². The smallest absolute Gasteiger partial charge is 0.0973 e. The van der Waals surface area contributed by atoms with Crippen molar-refractivity contribution in [2.24, 2.45) is 0 Å². The summed E-state index contributed by atoms with van der Waals surface area (Å²) < 4.78 is 0. The number of nitrogens with zero attached hydrogens (tertiary/aromatic N) is 9. The number of pyridine rings is 3. The van der Waals surface area contributed by atoms with Gasteiger partial charge in [0.25, 0.3) is 0 Å². The fourth-order valence-electron chi connectivity index (χ4n) is 15.4. The van der Waals surface area contributed by atoms with Gasteiger partial charge in [-0.15, -0.1) is 0 Å². The largest absolute Gasteiger partial charge is 0.265 e. The standard InChI is InChI=1S/3C35H23N3/c1-2-8-26(9-3-1)34-35(38-33-15-5-4-14-32(33)37-34)27-18-16-24(17-19-27)28-10-6-13-31-29(11-7-12-30(28)31)25-20-22-36-23-21-25;1-2-10-25(11-3-1)34-35(38-33-16-7-6-15-32(33)37-34)26-19-17-24(18-20-26)27-21-22-30(31-14-8-9-23-36-31)29-13-5-4-12-28(27)29;1-2-9-25(10-3-1)34-35(38-33-15-7-6-14-32(33)37-34)26-18-16-24(17-19-26)28-20-21-29(27-11-8-22-36-23-27)31-13-5-4-12-30(28)31/h3*1-23H. The molecule has 0 aliphatic rings. The summed E-state index contributed by atoms with van der Waals surface area (Å²) in [5.74, 6) is 0.